The minimum atomic E-state index is -1.52. The Kier molecular flexibility index (Phi) is 10.3. The standard InChI is InChI=1S/C28H41N5O4S/c1-20-14-25(37-7)15-21(2)28(20)38(36)32(6)19-26(34)29-16-27(35)31(5)17-22-8-10-23(11-9-22)33-13-12-24(18-33)30(3)4/h8-11,14-15,24H,12-13,16-19H2,1-7H3,(H,29,34)/t24-,38?/m1/s1. The highest BCUT2D eigenvalue weighted by Crippen LogP contribution is 2.26. The van der Waals surface area contributed by atoms with E-state index in [4.69, 9.17) is 4.74 Å². The van der Waals surface area contributed by atoms with Gasteiger partial charge in [-0.05, 0) is 75.3 Å². The van der Waals surface area contributed by atoms with Crippen LogP contribution in [0.15, 0.2) is 41.3 Å². The van der Waals surface area contributed by atoms with Gasteiger partial charge < -0.3 is 24.8 Å². The Labute approximate surface area is 229 Å². The number of hydrogen-bond donors (Lipinski definition) is 1. The van der Waals surface area contributed by atoms with Gasteiger partial charge in [0, 0.05) is 45.5 Å². The summed E-state index contributed by atoms with van der Waals surface area (Å²) in [5.74, 6) is 0.142. The molecule has 1 aliphatic heterocycles. The topological polar surface area (TPSA) is 85.4 Å². The van der Waals surface area contributed by atoms with Crippen molar-refractivity contribution >= 4 is 28.5 Å². The SMILES string of the molecule is COc1cc(C)c(S(=O)N(C)CC(=O)NCC(=O)N(C)Cc2ccc(N3CC[C@@H](N(C)C)C3)cc2)c(C)c1. The first-order chi connectivity index (χ1) is 18.0. The van der Waals surface area contributed by atoms with Gasteiger partial charge >= 0.3 is 0 Å². The second-order valence-electron chi connectivity index (χ2n) is 10.2. The van der Waals surface area contributed by atoms with Gasteiger partial charge in [-0.3, -0.25) is 9.59 Å². The Hall–Kier alpha value is -2.95. The number of ether oxygens (including phenoxy) is 1. The molecule has 2 aromatic rings. The van der Waals surface area contributed by atoms with Crippen LogP contribution in [-0.4, -0.2) is 97.6 Å². The van der Waals surface area contributed by atoms with Crippen molar-refractivity contribution in [2.45, 2.75) is 37.8 Å². The predicted octanol–water partition coefficient (Wildman–Crippen LogP) is 2.18. The first kappa shape index (κ1) is 29.6. The van der Waals surface area contributed by atoms with E-state index in [1.54, 1.807) is 26.1 Å². The van der Waals surface area contributed by atoms with Crippen LogP contribution in [0.5, 0.6) is 5.75 Å². The molecule has 10 heteroatoms. The number of amides is 2. The van der Waals surface area contributed by atoms with Gasteiger partial charge in [-0.25, -0.2) is 8.51 Å². The molecule has 9 nitrogen and oxygen atoms in total. The minimum Gasteiger partial charge on any atom is -0.497 e. The molecule has 3 rings (SSSR count). The van der Waals surface area contributed by atoms with Crippen LogP contribution in [0, 0.1) is 13.8 Å². The van der Waals surface area contributed by atoms with Gasteiger partial charge in [0.25, 0.3) is 0 Å². The Bertz CT molecular complexity index is 1130. The van der Waals surface area contributed by atoms with E-state index in [1.165, 1.54) is 9.99 Å². The van der Waals surface area contributed by atoms with Gasteiger partial charge in [0.2, 0.25) is 11.8 Å². The van der Waals surface area contributed by atoms with E-state index in [2.05, 4.69) is 41.3 Å². The summed E-state index contributed by atoms with van der Waals surface area (Å²) in [5, 5.41) is 2.66. The molecule has 1 saturated heterocycles. The summed E-state index contributed by atoms with van der Waals surface area (Å²) in [6, 6.07) is 12.5. The maximum Gasteiger partial charge on any atom is 0.242 e. The fraction of sp³-hybridized carbons (Fsp3) is 0.500. The molecule has 2 atom stereocenters. The third-order valence-corrected chi connectivity index (χ3v) is 8.66. The lowest BCUT2D eigenvalue weighted by molar-refractivity contribution is -0.132. The quantitative estimate of drug-likeness (QED) is 0.468. The van der Waals surface area contributed by atoms with Crippen molar-refractivity contribution in [3.63, 3.8) is 0 Å². The van der Waals surface area contributed by atoms with Gasteiger partial charge in [-0.1, -0.05) is 12.1 Å². The average Bonchev–Trinajstić information content (AvgIpc) is 3.38. The highest BCUT2D eigenvalue weighted by atomic mass is 32.2. The van der Waals surface area contributed by atoms with Crippen LogP contribution in [0.3, 0.4) is 0 Å². The predicted molar refractivity (Wildman–Crippen MR) is 152 cm³/mol. The molecule has 0 aromatic heterocycles. The van der Waals surface area contributed by atoms with Crippen molar-refractivity contribution in [3.05, 3.63) is 53.1 Å². The van der Waals surface area contributed by atoms with Gasteiger partial charge in [-0.2, -0.15) is 0 Å². The zero-order valence-corrected chi connectivity index (χ0v) is 24.4. The van der Waals surface area contributed by atoms with Crippen molar-refractivity contribution in [2.75, 3.05) is 66.4 Å². The molecule has 0 bridgehead atoms. The number of methoxy groups -OCH3 is 1. The summed E-state index contributed by atoms with van der Waals surface area (Å²) >= 11 is 0. The largest absolute Gasteiger partial charge is 0.497 e. The number of hydrogen-bond acceptors (Lipinski definition) is 6. The third-order valence-electron chi connectivity index (χ3n) is 6.97. The van der Waals surface area contributed by atoms with Gasteiger partial charge in [-0.15, -0.1) is 0 Å². The van der Waals surface area contributed by atoms with E-state index in [9.17, 15) is 13.8 Å². The Morgan fingerprint density at radius 2 is 1.71 bits per heavy atom. The van der Waals surface area contributed by atoms with Crippen molar-refractivity contribution in [1.82, 2.24) is 19.4 Å². The summed E-state index contributed by atoms with van der Waals surface area (Å²) in [5.41, 5.74) is 3.88. The molecular weight excluding hydrogens is 502 g/mol. The van der Waals surface area contributed by atoms with Crippen LogP contribution >= 0.6 is 0 Å². The maximum atomic E-state index is 13.1. The van der Waals surface area contributed by atoms with Gasteiger partial charge in [0.15, 0.2) is 0 Å². The fourth-order valence-electron chi connectivity index (χ4n) is 4.66. The van der Waals surface area contributed by atoms with Crippen LogP contribution in [0.1, 0.15) is 23.1 Å². The van der Waals surface area contributed by atoms with Crippen molar-refractivity contribution in [3.8, 4) is 5.75 Å². The number of rotatable bonds is 11. The number of aryl methyl sites for hydroxylation is 2. The molecule has 2 amide bonds. The molecule has 0 spiro atoms. The Morgan fingerprint density at radius 3 is 2.26 bits per heavy atom. The number of nitrogens with zero attached hydrogens (tertiary/aromatic N) is 4. The molecule has 2 aromatic carbocycles. The molecule has 1 N–H and O–H groups in total. The lowest BCUT2D eigenvalue weighted by atomic mass is 10.1. The Balaban J connectivity index is 1.46. The molecule has 1 aliphatic rings. The molecule has 208 valence electrons. The van der Waals surface area contributed by atoms with E-state index in [0.717, 1.165) is 36.2 Å². The summed E-state index contributed by atoms with van der Waals surface area (Å²) in [7, 11) is 7.65. The lowest BCUT2D eigenvalue weighted by Gasteiger charge is -2.22. The van der Waals surface area contributed by atoms with E-state index in [-0.39, 0.29) is 24.9 Å². The molecule has 1 unspecified atom stereocenters. The normalized spacial score (nSPS) is 16.1. The Morgan fingerprint density at radius 1 is 1.08 bits per heavy atom. The lowest BCUT2D eigenvalue weighted by Crippen LogP contribution is -2.42. The summed E-state index contributed by atoms with van der Waals surface area (Å²) in [4.78, 5) is 32.0. The van der Waals surface area contributed by atoms with Crippen molar-refractivity contribution in [2.24, 2.45) is 0 Å². The number of carbonyl (C=O) groups is 2. The van der Waals surface area contributed by atoms with Crippen molar-refractivity contribution in [1.29, 1.82) is 0 Å². The van der Waals surface area contributed by atoms with Crippen LogP contribution in [0.2, 0.25) is 0 Å². The smallest absolute Gasteiger partial charge is 0.242 e. The molecule has 38 heavy (non-hydrogen) atoms. The number of nitrogens with one attached hydrogen (secondary N) is 1. The minimum absolute atomic E-state index is 0.0961. The monoisotopic (exact) mass is 543 g/mol. The number of benzene rings is 2. The second kappa shape index (κ2) is 13.2. The van der Waals surface area contributed by atoms with E-state index in [1.807, 2.05) is 38.1 Å². The third kappa shape index (κ3) is 7.55. The van der Waals surface area contributed by atoms with Crippen LogP contribution in [0.4, 0.5) is 5.69 Å². The molecular formula is C28H41N5O4S. The number of carbonyl (C=O) groups excluding carboxylic acids is 2. The second-order valence-corrected chi connectivity index (χ2v) is 11.7. The van der Waals surface area contributed by atoms with Gasteiger partial charge in [0.05, 0.1) is 25.1 Å². The first-order valence-corrected chi connectivity index (χ1v) is 13.9. The zero-order valence-electron chi connectivity index (χ0n) is 23.6. The maximum absolute atomic E-state index is 13.1. The molecule has 1 heterocycles. The van der Waals surface area contributed by atoms with Crippen LogP contribution in [0.25, 0.3) is 0 Å². The van der Waals surface area contributed by atoms with E-state index >= 15 is 0 Å². The van der Waals surface area contributed by atoms with E-state index < -0.39 is 11.0 Å². The van der Waals surface area contributed by atoms with Crippen LogP contribution < -0.4 is 15.0 Å². The molecule has 0 saturated carbocycles. The molecule has 0 aliphatic carbocycles. The molecule has 0 radical (unpaired) electrons. The number of likely N-dealkylation sites (N-methyl/N-ethyl adjacent to an activating group) is 3. The zero-order chi connectivity index (χ0) is 28.0. The van der Waals surface area contributed by atoms with Crippen LogP contribution in [-0.2, 0) is 27.1 Å². The molecule has 1 fully saturated rings. The summed E-state index contributed by atoms with van der Waals surface area (Å²) < 4.78 is 19.8. The highest BCUT2D eigenvalue weighted by Gasteiger charge is 2.24. The first-order valence-electron chi connectivity index (χ1n) is 12.8. The summed E-state index contributed by atoms with van der Waals surface area (Å²) in [6.45, 7) is 6.04. The highest BCUT2D eigenvalue weighted by molar-refractivity contribution is 7.82. The van der Waals surface area contributed by atoms with E-state index in [0.29, 0.717) is 23.2 Å². The van der Waals surface area contributed by atoms with Crippen molar-refractivity contribution < 1.29 is 18.5 Å². The average molecular weight is 544 g/mol. The van der Waals surface area contributed by atoms with Gasteiger partial charge in [0.1, 0.15) is 16.7 Å². The number of anilines is 1. The fourth-order valence-corrected chi connectivity index (χ4v) is 5.87. The summed E-state index contributed by atoms with van der Waals surface area (Å²) in [6.07, 6.45) is 1.16.